The zero-order valence-electron chi connectivity index (χ0n) is 22.5. The van der Waals surface area contributed by atoms with Gasteiger partial charge in [0.15, 0.2) is 17.3 Å². The zero-order chi connectivity index (χ0) is 26.9. The van der Waals surface area contributed by atoms with Gasteiger partial charge < -0.3 is 19.2 Å². The summed E-state index contributed by atoms with van der Waals surface area (Å²) in [4.78, 5) is 18.5. The lowest BCUT2D eigenvalue weighted by Crippen LogP contribution is -2.36. The van der Waals surface area contributed by atoms with Crippen molar-refractivity contribution >= 4 is 10.9 Å². The first kappa shape index (κ1) is 25.7. The van der Waals surface area contributed by atoms with E-state index in [4.69, 9.17) is 14.2 Å². The van der Waals surface area contributed by atoms with Crippen molar-refractivity contribution in [2.75, 3.05) is 13.9 Å². The van der Waals surface area contributed by atoms with Crippen LogP contribution in [-0.2, 0) is 18.6 Å². The molecule has 3 heterocycles. The van der Waals surface area contributed by atoms with E-state index in [0.717, 1.165) is 52.4 Å². The van der Waals surface area contributed by atoms with Gasteiger partial charge in [-0.15, -0.1) is 5.10 Å². The summed E-state index contributed by atoms with van der Waals surface area (Å²) < 4.78 is 18.4. The molecule has 38 heavy (non-hydrogen) atoms. The van der Waals surface area contributed by atoms with E-state index in [1.165, 1.54) is 0 Å². The number of hydrogen-bond donors (Lipinski definition) is 1. The van der Waals surface area contributed by atoms with Crippen LogP contribution in [0.4, 0.5) is 0 Å². The van der Waals surface area contributed by atoms with Crippen LogP contribution in [0.2, 0.25) is 0 Å². The summed E-state index contributed by atoms with van der Waals surface area (Å²) in [7, 11) is 1.63. The predicted octanol–water partition coefficient (Wildman–Crippen LogP) is 4.55. The number of aromatic nitrogens is 5. The maximum atomic E-state index is 13.2. The van der Waals surface area contributed by atoms with E-state index in [0.29, 0.717) is 18.7 Å². The van der Waals surface area contributed by atoms with Gasteiger partial charge in [0.2, 0.25) is 6.79 Å². The lowest BCUT2D eigenvalue weighted by atomic mass is 10.0. The first-order chi connectivity index (χ1) is 18.3. The molecule has 1 aliphatic heterocycles. The molecule has 0 amide bonds. The SMILES string of the molecule is CCC(c1nnnn1C(C)(C)CC)N(Cc1ccc2c(c1)OCO2)Cc1cc2cc(OC)ccc2[nH]c1=O. The second kappa shape index (κ2) is 10.4. The van der Waals surface area contributed by atoms with Gasteiger partial charge in [-0.25, -0.2) is 4.68 Å². The summed E-state index contributed by atoms with van der Waals surface area (Å²) in [5, 5.41) is 13.8. The number of fused-ring (bicyclic) bond motifs is 2. The Balaban J connectivity index is 1.56. The van der Waals surface area contributed by atoms with E-state index in [9.17, 15) is 4.79 Å². The summed E-state index contributed by atoms with van der Waals surface area (Å²) in [6.45, 7) is 9.67. The van der Waals surface area contributed by atoms with Crippen molar-refractivity contribution in [3.63, 3.8) is 0 Å². The molecule has 1 N–H and O–H groups in total. The minimum absolute atomic E-state index is 0.123. The van der Waals surface area contributed by atoms with Gasteiger partial charge in [0.1, 0.15) is 5.75 Å². The molecule has 2 aromatic heterocycles. The first-order valence-corrected chi connectivity index (χ1v) is 12.9. The van der Waals surface area contributed by atoms with Gasteiger partial charge in [-0.1, -0.05) is 19.9 Å². The minimum atomic E-state index is -0.256. The number of benzene rings is 2. The van der Waals surface area contributed by atoms with Crippen LogP contribution < -0.4 is 19.8 Å². The summed E-state index contributed by atoms with van der Waals surface area (Å²) in [6, 6.07) is 13.4. The van der Waals surface area contributed by atoms with Crippen LogP contribution in [0.1, 0.15) is 63.5 Å². The third-order valence-electron chi connectivity index (χ3n) is 7.38. The third kappa shape index (κ3) is 4.96. The monoisotopic (exact) mass is 518 g/mol. The molecular formula is C28H34N6O4. The number of nitrogens with one attached hydrogen (secondary N) is 1. The van der Waals surface area contributed by atoms with Crippen molar-refractivity contribution in [1.29, 1.82) is 0 Å². The molecule has 4 aromatic rings. The predicted molar refractivity (Wildman–Crippen MR) is 143 cm³/mol. The Morgan fingerprint density at radius 2 is 1.92 bits per heavy atom. The minimum Gasteiger partial charge on any atom is -0.497 e. The smallest absolute Gasteiger partial charge is 0.252 e. The Morgan fingerprint density at radius 1 is 1.11 bits per heavy atom. The molecule has 200 valence electrons. The molecule has 0 aliphatic carbocycles. The van der Waals surface area contributed by atoms with E-state index < -0.39 is 0 Å². The third-order valence-corrected chi connectivity index (χ3v) is 7.38. The number of methoxy groups -OCH3 is 1. The standard InChI is InChI=1S/C28H34N6O4/c1-6-23(26-30-31-32-34(26)28(3,4)7-2)33(15-18-8-11-24-25(12-18)38-17-37-24)16-20-13-19-14-21(36-5)9-10-22(19)29-27(20)35/h8-14,23H,6-7,15-17H2,1-5H3,(H,29,35). The Morgan fingerprint density at radius 3 is 2.68 bits per heavy atom. The Hall–Kier alpha value is -3.92. The maximum Gasteiger partial charge on any atom is 0.252 e. The maximum absolute atomic E-state index is 13.2. The first-order valence-electron chi connectivity index (χ1n) is 12.9. The molecule has 2 aromatic carbocycles. The molecule has 1 unspecified atom stereocenters. The van der Waals surface area contributed by atoms with Crippen molar-refractivity contribution < 1.29 is 14.2 Å². The van der Waals surface area contributed by atoms with Crippen LogP contribution in [0.3, 0.4) is 0 Å². The fourth-order valence-electron chi connectivity index (χ4n) is 4.83. The van der Waals surface area contributed by atoms with Gasteiger partial charge in [-0.2, -0.15) is 0 Å². The van der Waals surface area contributed by atoms with Crippen LogP contribution in [0.25, 0.3) is 10.9 Å². The van der Waals surface area contributed by atoms with E-state index in [1.54, 1.807) is 7.11 Å². The van der Waals surface area contributed by atoms with E-state index in [1.807, 2.05) is 47.1 Å². The average molecular weight is 519 g/mol. The van der Waals surface area contributed by atoms with Crippen molar-refractivity contribution in [1.82, 2.24) is 30.1 Å². The number of ether oxygens (including phenoxy) is 3. The van der Waals surface area contributed by atoms with E-state index in [-0.39, 0.29) is 23.9 Å². The summed E-state index contributed by atoms with van der Waals surface area (Å²) in [5.41, 5.74) is 2.08. The van der Waals surface area contributed by atoms with Gasteiger partial charge >= 0.3 is 0 Å². The summed E-state index contributed by atoms with van der Waals surface area (Å²) in [5.74, 6) is 2.98. The Labute approximate surface area is 221 Å². The van der Waals surface area contributed by atoms with Crippen LogP contribution in [-0.4, -0.2) is 44.0 Å². The molecule has 10 nitrogen and oxygen atoms in total. The molecule has 0 saturated heterocycles. The van der Waals surface area contributed by atoms with Gasteiger partial charge in [-0.05, 0) is 79.1 Å². The molecule has 0 fully saturated rings. The molecule has 0 spiro atoms. The molecule has 0 saturated carbocycles. The van der Waals surface area contributed by atoms with Gasteiger partial charge in [0.25, 0.3) is 5.56 Å². The number of pyridine rings is 1. The Kier molecular flexibility index (Phi) is 7.07. The highest BCUT2D eigenvalue weighted by molar-refractivity contribution is 5.80. The molecule has 1 aliphatic rings. The number of H-pyrrole nitrogens is 1. The molecule has 5 rings (SSSR count). The fourth-order valence-corrected chi connectivity index (χ4v) is 4.83. The number of tetrazole rings is 1. The Bertz CT molecular complexity index is 1490. The summed E-state index contributed by atoms with van der Waals surface area (Å²) in [6.07, 6.45) is 1.62. The van der Waals surface area contributed by atoms with Crippen molar-refractivity contribution in [3.8, 4) is 17.2 Å². The fraction of sp³-hybridized carbons (Fsp3) is 0.429. The average Bonchev–Trinajstić information content (AvgIpc) is 3.59. The molecule has 1 atom stereocenters. The topological polar surface area (TPSA) is 107 Å². The van der Waals surface area contributed by atoms with Gasteiger partial charge in [0.05, 0.1) is 18.7 Å². The van der Waals surface area contributed by atoms with Crippen molar-refractivity contribution in [3.05, 3.63) is 69.8 Å². The van der Waals surface area contributed by atoms with Crippen LogP contribution in [0, 0.1) is 0 Å². The highest BCUT2D eigenvalue weighted by Gasteiger charge is 2.31. The highest BCUT2D eigenvalue weighted by atomic mass is 16.7. The van der Waals surface area contributed by atoms with Crippen molar-refractivity contribution in [2.24, 2.45) is 0 Å². The van der Waals surface area contributed by atoms with Crippen LogP contribution in [0.5, 0.6) is 17.2 Å². The highest BCUT2D eigenvalue weighted by Crippen LogP contribution is 2.35. The van der Waals surface area contributed by atoms with Gasteiger partial charge in [-0.3, -0.25) is 9.69 Å². The van der Waals surface area contributed by atoms with E-state index in [2.05, 4.69) is 53.1 Å². The lowest BCUT2D eigenvalue weighted by Gasteiger charge is -2.33. The van der Waals surface area contributed by atoms with E-state index >= 15 is 0 Å². The van der Waals surface area contributed by atoms with Crippen molar-refractivity contribution in [2.45, 2.75) is 65.2 Å². The normalized spacial score (nSPS) is 13.8. The molecule has 0 radical (unpaired) electrons. The molecule has 10 heteroatoms. The van der Waals surface area contributed by atoms with Gasteiger partial charge in [0, 0.05) is 29.6 Å². The van der Waals surface area contributed by atoms with Crippen LogP contribution >= 0.6 is 0 Å². The number of nitrogens with zero attached hydrogens (tertiary/aromatic N) is 5. The molecule has 0 bridgehead atoms. The largest absolute Gasteiger partial charge is 0.497 e. The second-order valence-electron chi connectivity index (χ2n) is 10.2. The zero-order valence-corrected chi connectivity index (χ0v) is 22.5. The lowest BCUT2D eigenvalue weighted by molar-refractivity contribution is 0.150. The number of hydrogen-bond acceptors (Lipinski definition) is 8. The van der Waals surface area contributed by atoms with Crippen LogP contribution in [0.15, 0.2) is 47.3 Å². The molecular weight excluding hydrogens is 484 g/mol. The second-order valence-corrected chi connectivity index (χ2v) is 10.2. The summed E-state index contributed by atoms with van der Waals surface area (Å²) >= 11 is 0. The number of rotatable bonds is 10. The quantitative estimate of drug-likeness (QED) is 0.326. The number of aromatic amines is 1.